The third kappa shape index (κ3) is 2.56. The van der Waals surface area contributed by atoms with Crippen molar-refractivity contribution in [2.75, 3.05) is 13.2 Å². The summed E-state index contributed by atoms with van der Waals surface area (Å²) in [6, 6.07) is 3.06. The molecule has 2 rings (SSSR count). The number of halogens is 1. The Morgan fingerprint density at radius 2 is 2.00 bits per heavy atom. The average Bonchev–Trinajstić information content (AvgIpc) is 2.77. The maximum atomic E-state index is 11.9. The Hall–Kier alpha value is -1.34. The Bertz CT molecular complexity index is 464. The van der Waals surface area contributed by atoms with Gasteiger partial charge in [0.1, 0.15) is 5.54 Å². The first kappa shape index (κ1) is 13.1. The zero-order valence-corrected chi connectivity index (χ0v) is 11.0. The molecule has 0 saturated carbocycles. The van der Waals surface area contributed by atoms with Gasteiger partial charge in [-0.1, -0.05) is 0 Å². The minimum atomic E-state index is -1.27. The molecule has 0 aromatic carbocycles. The largest absolute Gasteiger partial charge is 0.480 e. The summed E-state index contributed by atoms with van der Waals surface area (Å²) in [7, 11) is 0. The minimum absolute atomic E-state index is 0.0778. The van der Waals surface area contributed by atoms with Crippen LogP contribution >= 0.6 is 15.9 Å². The Morgan fingerprint density at radius 1 is 1.33 bits per heavy atom. The molecule has 0 unspecified atom stereocenters. The molecule has 18 heavy (non-hydrogen) atoms. The van der Waals surface area contributed by atoms with Gasteiger partial charge in [0.2, 0.25) is 0 Å². The number of carboxylic acids is 1. The van der Waals surface area contributed by atoms with E-state index in [9.17, 15) is 14.7 Å². The minimum Gasteiger partial charge on any atom is -0.480 e. The van der Waals surface area contributed by atoms with Gasteiger partial charge in [0, 0.05) is 26.1 Å². The van der Waals surface area contributed by atoms with Crippen molar-refractivity contribution in [2.24, 2.45) is 0 Å². The number of aliphatic carboxylic acids is 1. The lowest BCUT2D eigenvalue weighted by Crippen LogP contribution is -2.57. The van der Waals surface area contributed by atoms with Gasteiger partial charge in [-0.2, -0.15) is 0 Å². The number of carbonyl (C=O) groups is 2. The highest BCUT2D eigenvalue weighted by Gasteiger charge is 2.42. The third-order valence-electron chi connectivity index (χ3n) is 2.91. The first-order chi connectivity index (χ1) is 8.53. The average molecular weight is 318 g/mol. The van der Waals surface area contributed by atoms with Crippen LogP contribution in [0.1, 0.15) is 23.4 Å². The number of furan rings is 1. The number of nitrogens with one attached hydrogen (secondary N) is 1. The van der Waals surface area contributed by atoms with Crippen molar-refractivity contribution in [1.82, 2.24) is 5.32 Å². The smallest absolute Gasteiger partial charge is 0.329 e. The molecule has 7 heteroatoms. The number of rotatable bonds is 3. The highest BCUT2D eigenvalue weighted by molar-refractivity contribution is 9.10. The first-order valence-corrected chi connectivity index (χ1v) is 6.22. The molecule has 1 fully saturated rings. The summed E-state index contributed by atoms with van der Waals surface area (Å²) in [5, 5.41) is 11.8. The second-order valence-corrected chi connectivity index (χ2v) is 4.84. The molecular formula is C11H12BrNO5. The molecule has 98 valence electrons. The van der Waals surface area contributed by atoms with Crippen LogP contribution in [0.4, 0.5) is 0 Å². The van der Waals surface area contributed by atoms with Gasteiger partial charge in [-0.25, -0.2) is 4.79 Å². The maximum Gasteiger partial charge on any atom is 0.329 e. The molecule has 1 amide bonds. The van der Waals surface area contributed by atoms with Crippen molar-refractivity contribution in [3.8, 4) is 0 Å². The zero-order valence-electron chi connectivity index (χ0n) is 9.44. The topological polar surface area (TPSA) is 88.8 Å². The normalized spacial score (nSPS) is 18.3. The standard InChI is InChI=1S/C11H12BrNO5/c12-8-2-1-7(18-8)9(14)13-11(10(15)16)3-5-17-6-4-11/h1-2H,3-6H2,(H,13,14)(H,15,16). The van der Waals surface area contributed by atoms with Crippen LogP contribution in [0.15, 0.2) is 21.2 Å². The lowest BCUT2D eigenvalue weighted by molar-refractivity contribution is -0.148. The van der Waals surface area contributed by atoms with E-state index in [-0.39, 0.29) is 18.6 Å². The van der Waals surface area contributed by atoms with Crippen molar-refractivity contribution in [3.05, 3.63) is 22.6 Å². The molecule has 0 spiro atoms. The Balaban J connectivity index is 2.14. The van der Waals surface area contributed by atoms with Crippen LogP contribution in [-0.2, 0) is 9.53 Å². The number of carboxylic acid groups (broad SMARTS) is 1. The molecule has 1 aromatic rings. The predicted molar refractivity (Wildman–Crippen MR) is 64.3 cm³/mol. The lowest BCUT2D eigenvalue weighted by atomic mass is 9.90. The molecule has 2 heterocycles. The summed E-state index contributed by atoms with van der Waals surface area (Å²) >= 11 is 3.09. The van der Waals surface area contributed by atoms with Gasteiger partial charge in [-0.15, -0.1) is 0 Å². The summed E-state index contributed by atoms with van der Waals surface area (Å²) < 4.78 is 10.6. The van der Waals surface area contributed by atoms with Gasteiger partial charge in [-0.3, -0.25) is 4.79 Å². The van der Waals surface area contributed by atoms with Gasteiger partial charge in [0.15, 0.2) is 10.4 Å². The van der Waals surface area contributed by atoms with Crippen molar-refractivity contribution in [1.29, 1.82) is 0 Å². The quantitative estimate of drug-likeness (QED) is 0.879. The van der Waals surface area contributed by atoms with Crippen molar-refractivity contribution in [3.63, 3.8) is 0 Å². The fourth-order valence-corrected chi connectivity index (χ4v) is 2.13. The van der Waals surface area contributed by atoms with Crippen LogP contribution < -0.4 is 5.32 Å². The first-order valence-electron chi connectivity index (χ1n) is 5.42. The second-order valence-electron chi connectivity index (χ2n) is 4.06. The summed E-state index contributed by atoms with van der Waals surface area (Å²) in [5.74, 6) is -1.51. The molecule has 0 atom stereocenters. The Kier molecular flexibility index (Phi) is 3.72. The summed E-state index contributed by atoms with van der Waals surface area (Å²) in [5.41, 5.74) is -1.27. The van der Waals surface area contributed by atoms with E-state index in [1.54, 1.807) is 6.07 Å². The Morgan fingerprint density at radius 3 is 2.50 bits per heavy atom. The van der Waals surface area contributed by atoms with Crippen LogP contribution in [0.25, 0.3) is 0 Å². The SMILES string of the molecule is O=C(NC1(C(=O)O)CCOCC1)c1ccc(Br)o1. The van der Waals surface area contributed by atoms with E-state index in [0.29, 0.717) is 17.9 Å². The van der Waals surface area contributed by atoms with E-state index >= 15 is 0 Å². The molecule has 0 bridgehead atoms. The molecule has 0 aliphatic carbocycles. The predicted octanol–water partition coefficient (Wildman–Crippen LogP) is 1.41. The fraction of sp³-hybridized carbons (Fsp3) is 0.455. The van der Waals surface area contributed by atoms with Crippen LogP contribution in [-0.4, -0.2) is 35.7 Å². The van der Waals surface area contributed by atoms with E-state index in [2.05, 4.69) is 21.2 Å². The molecule has 0 radical (unpaired) electrons. The van der Waals surface area contributed by atoms with Crippen LogP contribution in [0.5, 0.6) is 0 Å². The van der Waals surface area contributed by atoms with Crippen LogP contribution in [0, 0.1) is 0 Å². The molecule has 6 nitrogen and oxygen atoms in total. The second kappa shape index (κ2) is 5.11. The summed E-state index contributed by atoms with van der Waals surface area (Å²) in [6.07, 6.45) is 0.492. The van der Waals surface area contributed by atoms with Crippen molar-refractivity contribution < 1.29 is 23.8 Å². The maximum absolute atomic E-state index is 11.9. The summed E-state index contributed by atoms with van der Waals surface area (Å²) in [4.78, 5) is 23.2. The zero-order chi connectivity index (χ0) is 13.2. The number of ether oxygens (including phenoxy) is 1. The number of hydrogen-bond donors (Lipinski definition) is 2. The molecular weight excluding hydrogens is 306 g/mol. The van der Waals surface area contributed by atoms with Crippen molar-refractivity contribution >= 4 is 27.8 Å². The van der Waals surface area contributed by atoms with E-state index in [4.69, 9.17) is 9.15 Å². The molecule has 2 N–H and O–H groups in total. The van der Waals surface area contributed by atoms with Gasteiger partial charge in [0.25, 0.3) is 5.91 Å². The van der Waals surface area contributed by atoms with E-state index < -0.39 is 17.4 Å². The number of carbonyl (C=O) groups excluding carboxylic acids is 1. The monoisotopic (exact) mass is 317 g/mol. The highest BCUT2D eigenvalue weighted by atomic mass is 79.9. The number of amides is 1. The summed E-state index contributed by atoms with van der Waals surface area (Å²) in [6.45, 7) is 0.628. The lowest BCUT2D eigenvalue weighted by Gasteiger charge is -2.33. The van der Waals surface area contributed by atoms with Crippen LogP contribution in [0.3, 0.4) is 0 Å². The van der Waals surface area contributed by atoms with Gasteiger partial charge in [0.05, 0.1) is 0 Å². The molecule has 1 aromatic heterocycles. The Labute approximate surface area is 111 Å². The highest BCUT2D eigenvalue weighted by Crippen LogP contribution is 2.22. The van der Waals surface area contributed by atoms with Gasteiger partial charge in [-0.05, 0) is 28.1 Å². The van der Waals surface area contributed by atoms with E-state index in [1.165, 1.54) is 6.07 Å². The number of hydrogen-bond acceptors (Lipinski definition) is 4. The van der Waals surface area contributed by atoms with E-state index in [0.717, 1.165) is 0 Å². The van der Waals surface area contributed by atoms with Gasteiger partial charge < -0.3 is 19.6 Å². The molecule has 1 aliphatic rings. The fourth-order valence-electron chi connectivity index (χ4n) is 1.83. The van der Waals surface area contributed by atoms with Crippen molar-refractivity contribution in [2.45, 2.75) is 18.4 Å². The third-order valence-corrected chi connectivity index (χ3v) is 3.33. The van der Waals surface area contributed by atoms with Crippen LogP contribution in [0.2, 0.25) is 0 Å². The van der Waals surface area contributed by atoms with Gasteiger partial charge >= 0.3 is 5.97 Å². The molecule has 1 saturated heterocycles. The molecule has 1 aliphatic heterocycles. The van der Waals surface area contributed by atoms with E-state index in [1.807, 2.05) is 0 Å².